The van der Waals surface area contributed by atoms with E-state index >= 15 is 0 Å². The third-order valence-corrected chi connectivity index (χ3v) is 3.48. The van der Waals surface area contributed by atoms with Gasteiger partial charge in [-0.15, -0.1) is 0 Å². The highest BCUT2D eigenvalue weighted by molar-refractivity contribution is 7.80. The van der Waals surface area contributed by atoms with E-state index in [0.29, 0.717) is 5.92 Å². The summed E-state index contributed by atoms with van der Waals surface area (Å²) in [5.41, 5.74) is 2.35. The number of benzene rings is 1. The Labute approximate surface area is 102 Å². The molecule has 0 spiro atoms. The molecule has 0 saturated heterocycles. The molecule has 16 heavy (non-hydrogen) atoms. The third-order valence-electron chi connectivity index (χ3n) is 2.86. The summed E-state index contributed by atoms with van der Waals surface area (Å²) in [6, 6.07) is 8.34. The minimum absolute atomic E-state index is 0.575. The van der Waals surface area contributed by atoms with Crippen LogP contribution in [0.4, 0.5) is 0 Å². The predicted molar refractivity (Wildman–Crippen MR) is 72.1 cm³/mol. The van der Waals surface area contributed by atoms with Crippen molar-refractivity contribution in [1.82, 2.24) is 9.55 Å². The lowest BCUT2D eigenvalue weighted by Gasteiger charge is -2.12. The van der Waals surface area contributed by atoms with Gasteiger partial charge in [-0.1, -0.05) is 26.0 Å². The largest absolute Gasteiger partial charge is 0.328 e. The van der Waals surface area contributed by atoms with Crippen LogP contribution >= 0.6 is 12.6 Å². The van der Waals surface area contributed by atoms with Gasteiger partial charge in [0.15, 0.2) is 0 Å². The van der Waals surface area contributed by atoms with Gasteiger partial charge in [-0.3, -0.25) is 0 Å². The van der Waals surface area contributed by atoms with Crippen molar-refractivity contribution in [2.75, 3.05) is 5.75 Å². The lowest BCUT2D eigenvalue weighted by molar-refractivity contribution is 0.526. The maximum Gasteiger partial charge on any atom is 0.109 e. The fourth-order valence-corrected chi connectivity index (χ4v) is 2.08. The SMILES string of the molecule is CCc1nc2ccccc2n1CC(C)CS. The van der Waals surface area contributed by atoms with Gasteiger partial charge < -0.3 is 4.57 Å². The minimum Gasteiger partial charge on any atom is -0.328 e. The number of hydrogen-bond acceptors (Lipinski definition) is 2. The molecule has 1 atom stereocenters. The van der Waals surface area contributed by atoms with Crippen molar-refractivity contribution in [2.24, 2.45) is 5.92 Å². The first-order valence-corrected chi connectivity index (χ1v) is 6.44. The van der Waals surface area contributed by atoms with Crippen LogP contribution in [-0.2, 0) is 13.0 Å². The van der Waals surface area contributed by atoms with E-state index in [4.69, 9.17) is 0 Å². The highest BCUT2D eigenvalue weighted by Crippen LogP contribution is 2.18. The number of nitrogens with zero attached hydrogens (tertiary/aromatic N) is 2. The van der Waals surface area contributed by atoms with E-state index < -0.39 is 0 Å². The van der Waals surface area contributed by atoms with Crippen molar-refractivity contribution >= 4 is 23.7 Å². The molecule has 2 nitrogen and oxygen atoms in total. The van der Waals surface area contributed by atoms with Gasteiger partial charge in [-0.2, -0.15) is 12.6 Å². The first-order valence-electron chi connectivity index (χ1n) is 5.81. The molecule has 1 aromatic carbocycles. The number of aromatic nitrogens is 2. The molecule has 86 valence electrons. The Hall–Kier alpha value is -0.960. The van der Waals surface area contributed by atoms with E-state index in [1.165, 1.54) is 11.3 Å². The van der Waals surface area contributed by atoms with Crippen molar-refractivity contribution in [1.29, 1.82) is 0 Å². The van der Waals surface area contributed by atoms with Crippen LogP contribution in [-0.4, -0.2) is 15.3 Å². The maximum atomic E-state index is 4.66. The maximum absolute atomic E-state index is 4.66. The van der Waals surface area contributed by atoms with Crippen LogP contribution < -0.4 is 0 Å². The second kappa shape index (κ2) is 4.91. The minimum atomic E-state index is 0.575. The molecule has 0 radical (unpaired) electrons. The Balaban J connectivity index is 2.47. The molecule has 0 bridgehead atoms. The van der Waals surface area contributed by atoms with Crippen LogP contribution in [0.3, 0.4) is 0 Å². The summed E-state index contributed by atoms with van der Waals surface area (Å²) < 4.78 is 2.33. The standard InChI is InChI=1S/C13H18N2S/c1-3-13-14-11-6-4-5-7-12(11)15(13)8-10(2)9-16/h4-7,10,16H,3,8-9H2,1-2H3. The van der Waals surface area contributed by atoms with E-state index in [9.17, 15) is 0 Å². The van der Waals surface area contributed by atoms with E-state index in [1.807, 2.05) is 6.07 Å². The number of imidazole rings is 1. The van der Waals surface area contributed by atoms with Crippen LogP contribution in [0, 0.1) is 5.92 Å². The smallest absolute Gasteiger partial charge is 0.109 e. The summed E-state index contributed by atoms with van der Waals surface area (Å²) in [7, 11) is 0. The molecule has 1 heterocycles. The molecule has 1 aromatic heterocycles. The summed E-state index contributed by atoms with van der Waals surface area (Å²) in [4.78, 5) is 4.66. The number of para-hydroxylation sites is 2. The van der Waals surface area contributed by atoms with Crippen LogP contribution in [0.15, 0.2) is 24.3 Å². The van der Waals surface area contributed by atoms with E-state index in [2.05, 4.69) is 54.2 Å². The van der Waals surface area contributed by atoms with Crippen LogP contribution in [0.1, 0.15) is 19.7 Å². The fourth-order valence-electron chi connectivity index (χ4n) is 1.97. The van der Waals surface area contributed by atoms with Gasteiger partial charge >= 0.3 is 0 Å². The molecule has 0 fully saturated rings. The second-order valence-corrected chi connectivity index (χ2v) is 4.63. The highest BCUT2D eigenvalue weighted by Gasteiger charge is 2.10. The third kappa shape index (κ3) is 2.09. The molecule has 0 aliphatic carbocycles. The molecule has 3 heteroatoms. The average Bonchev–Trinajstić information content (AvgIpc) is 2.67. The monoisotopic (exact) mass is 234 g/mol. The van der Waals surface area contributed by atoms with Gasteiger partial charge in [-0.05, 0) is 23.8 Å². The molecule has 0 N–H and O–H groups in total. The lowest BCUT2D eigenvalue weighted by Crippen LogP contribution is -2.11. The average molecular weight is 234 g/mol. The Kier molecular flexibility index (Phi) is 3.54. The van der Waals surface area contributed by atoms with Crippen LogP contribution in [0.5, 0.6) is 0 Å². The van der Waals surface area contributed by atoms with E-state index in [-0.39, 0.29) is 0 Å². The van der Waals surface area contributed by atoms with E-state index in [0.717, 1.165) is 24.2 Å². The van der Waals surface area contributed by atoms with Crippen LogP contribution in [0.25, 0.3) is 11.0 Å². The zero-order chi connectivity index (χ0) is 11.5. The molecule has 2 rings (SSSR count). The summed E-state index contributed by atoms with van der Waals surface area (Å²) in [6.07, 6.45) is 0.980. The summed E-state index contributed by atoms with van der Waals surface area (Å²) in [5, 5.41) is 0. The zero-order valence-electron chi connectivity index (χ0n) is 9.85. The van der Waals surface area contributed by atoms with Crippen molar-refractivity contribution in [3.05, 3.63) is 30.1 Å². The molecule has 0 saturated carbocycles. The molecule has 0 aliphatic heterocycles. The highest BCUT2D eigenvalue weighted by atomic mass is 32.1. The quantitative estimate of drug-likeness (QED) is 0.805. The van der Waals surface area contributed by atoms with Gasteiger partial charge in [-0.25, -0.2) is 4.98 Å². The van der Waals surface area contributed by atoms with E-state index in [1.54, 1.807) is 0 Å². The number of thiol groups is 1. The van der Waals surface area contributed by atoms with Crippen molar-refractivity contribution in [3.63, 3.8) is 0 Å². The van der Waals surface area contributed by atoms with Gasteiger partial charge in [0.1, 0.15) is 5.82 Å². The molecule has 0 aliphatic rings. The van der Waals surface area contributed by atoms with Gasteiger partial charge in [0.25, 0.3) is 0 Å². The van der Waals surface area contributed by atoms with Gasteiger partial charge in [0.05, 0.1) is 11.0 Å². The summed E-state index contributed by atoms with van der Waals surface area (Å²) in [6.45, 7) is 5.39. The summed E-state index contributed by atoms with van der Waals surface area (Å²) >= 11 is 4.35. The molecular weight excluding hydrogens is 216 g/mol. The van der Waals surface area contributed by atoms with Gasteiger partial charge in [0.2, 0.25) is 0 Å². The number of rotatable bonds is 4. The summed E-state index contributed by atoms with van der Waals surface area (Å²) in [5.74, 6) is 2.66. The van der Waals surface area contributed by atoms with Crippen molar-refractivity contribution in [2.45, 2.75) is 26.8 Å². The zero-order valence-corrected chi connectivity index (χ0v) is 10.7. The second-order valence-electron chi connectivity index (χ2n) is 4.27. The lowest BCUT2D eigenvalue weighted by atomic mass is 10.2. The van der Waals surface area contributed by atoms with Crippen molar-refractivity contribution in [3.8, 4) is 0 Å². The first kappa shape index (κ1) is 11.5. The Morgan fingerprint density at radius 1 is 1.38 bits per heavy atom. The Morgan fingerprint density at radius 3 is 2.81 bits per heavy atom. The topological polar surface area (TPSA) is 17.8 Å². The van der Waals surface area contributed by atoms with Crippen molar-refractivity contribution < 1.29 is 0 Å². The van der Waals surface area contributed by atoms with Gasteiger partial charge in [0, 0.05) is 13.0 Å². The Bertz CT molecular complexity index is 476. The number of aryl methyl sites for hydroxylation is 1. The number of fused-ring (bicyclic) bond motifs is 1. The molecule has 2 aromatic rings. The first-order chi connectivity index (χ1) is 7.76. The molecular formula is C13H18N2S. The normalized spacial score (nSPS) is 13.2. The molecule has 1 unspecified atom stereocenters. The predicted octanol–water partition coefficient (Wildman–Crippen LogP) is 3.16. The van der Waals surface area contributed by atoms with Crippen LogP contribution in [0.2, 0.25) is 0 Å². The Morgan fingerprint density at radius 2 is 2.12 bits per heavy atom. The number of hydrogen-bond donors (Lipinski definition) is 1. The molecule has 0 amide bonds. The fraction of sp³-hybridized carbons (Fsp3) is 0.462.